The maximum Gasteiger partial charge on any atom is 0.143 e. The van der Waals surface area contributed by atoms with Gasteiger partial charge in [0.25, 0.3) is 0 Å². The molecule has 1 aliphatic heterocycles. The third-order valence-corrected chi connectivity index (χ3v) is 9.32. The summed E-state index contributed by atoms with van der Waals surface area (Å²) in [5, 5.41) is 42.9. The molecule has 0 aliphatic carbocycles. The molecule has 1 saturated heterocycles. The van der Waals surface area contributed by atoms with E-state index in [9.17, 15) is 20.4 Å². The average molecular weight is 513 g/mol. The van der Waals surface area contributed by atoms with Gasteiger partial charge in [-0.2, -0.15) is 0 Å². The second-order valence-corrected chi connectivity index (χ2v) is 11.4. The van der Waals surface area contributed by atoms with E-state index in [1.165, 1.54) is 0 Å². The van der Waals surface area contributed by atoms with Crippen molar-refractivity contribution in [2.24, 2.45) is 0 Å². The third-order valence-electron chi connectivity index (χ3n) is 6.24. The lowest BCUT2D eigenvalue weighted by Gasteiger charge is -2.38. The molecule has 0 saturated carbocycles. The van der Waals surface area contributed by atoms with E-state index in [1.807, 2.05) is 91.0 Å². The van der Waals surface area contributed by atoms with Crippen LogP contribution < -0.4 is 0 Å². The summed E-state index contributed by atoms with van der Waals surface area (Å²) in [5.41, 5.74) is 1.56. The Labute approximate surface area is 215 Å². The van der Waals surface area contributed by atoms with Crippen molar-refractivity contribution in [1.82, 2.24) is 0 Å². The highest BCUT2D eigenvalue weighted by atomic mass is 32.2. The van der Waals surface area contributed by atoms with E-state index in [0.29, 0.717) is 0 Å². The normalized spacial score (nSPS) is 18.5. The van der Waals surface area contributed by atoms with Crippen molar-refractivity contribution < 1.29 is 25.2 Å². The first-order valence-corrected chi connectivity index (χ1v) is 13.9. The predicted octanol–water partition coefficient (Wildman–Crippen LogP) is 3.63. The van der Waals surface area contributed by atoms with Gasteiger partial charge in [-0.1, -0.05) is 91.0 Å². The Kier molecular flexibility index (Phi) is 9.30. The summed E-state index contributed by atoms with van der Waals surface area (Å²) in [6.07, 6.45) is -4.57. The molecule has 0 aromatic heterocycles. The summed E-state index contributed by atoms with van der Waals surface area (Å²) in [6, 6.07) is 29.2. The first-order chi connectivity index (χ1) is 17.0. The van der Waals surface area contributed by atoms with Crippen LogP contribution in [0.25, 0.3) is 0 Å². The largest absolute Gasteiger partial charge is 0.388 e. The van der Waals surface area contributed by atoms with Gasteiger partial charge in [-0.3, -0.25) is 0 Å². The van der Waals surface area contributed by atoms with Crippen LogP contribution in [0.3, 0.4) is 0 Å². The Hall–Kier alpha value is -1.84. The number of hydrogen-bond acceptors (Lipinski definition) is 7. The van der Waals surface area contributed by atoms with E-state index in [2.05, 4.69) is 0 Å². The van der Waals surface area contributed by atoms with Crippen LogP contribution in [0.4, 0.5) is 0 Å². The molecule has 1 heterocycles. The van der Waals surface area contributed by atoms with Crippen molar-refractivity contribution in [2.45, 2.75) is 41.0 Å². The van der Waals surface area contributed by atoms with Crippen LogP contribution in [-0.4, -0.2) is 67.5 Å². The van der Waals surface area contributed by atoms with E-state index >= 15 is 0 Å². The van der Waals surface area contributed by atoms with Gasteiger partial charge in [-0.05, 0) is 34.6 Å². The Morgan fingerprint density at radius 1 is 0.686 bits per heavy atom. The van der Waals surface area contributed by atoms with E-state index < -0.39 is 30.0 Å². The highest BCUT2D eigenvalue weighted by Gasteiger charge is 2.41. The first-order valence-electron chi connectivity index (χ1n) is 11.8. The summed E-state index contributed by atoms with van der Waals surface area (Å²) in [4.78, 5) is 0. The Bertz CT molecular complexity index is 919. The highest BCUT2D eigenvalue weighted by Crippen LogP contribution is 2.41. The molecular formula is C28H32O5S2. The van der Waals surface area contributed by atoms with Gasteiger partial charge >= 0.3 is 0 Å². The summed E-state index contributed by atoms with van der Waals surface area (Å²) >= 11 is 3.13. The lowest BCUT2D eigenvalue weighted by molar-refractivity contribution is -0.131. The van der Waals surface area contributed by atoms with E-state index in [-0.39, 0.29) is 11.2 Å². The summed E-state index contributed by atoms with van der Waals surface area (Å²) in [6.45, 7) is -0.255. The second-order valence-electron chi connectivity index (χ2n) is 8.59. The quantitative estimate of drug-likeness (QED) is 0.309. The number of aliphatic hydroxyl groups excluding tert-OH is 4. The van der Waals surface area contributed by atoms with Crippen LogP contribution in [0.5, 0.6) is 0 Å². The first kappa shape index (κ1) is 26.2. The summed E-state index contributed by atoms with van der Waals surface area (Å²) in [7, 11) is 0. The lowest BCUT2D eigenvalue weighted by Crippen LogP contribution is -2.50. The Balaban J connectivity index is 1.61. The minimum atomic E-state index is -1.56. The topological polar surface area (TPSA) is 90.2 Å². The van der Waals surface area contributed by atoms with Crippen molar-refractivity contribution in [1.29, 1.82) is 0 Å². The fraction of sp³-hybridized carbons (Fsp3) is 0.357. The Morgan fingerprint density at radius 2 is 1.11 bits per heavy atom. The molecule has 0 spiro atoms. The number of benzene rings is 3. The van der Waals surface area contributed by atoms with Gasteiger partial charge in [0.15, 0.2) is 0 Å². The minimum Gasteiger partial charge on any atom is -0.388 e. The summed E-state index contributed by atoms with van der Waals surface area (Å²) in [5.74, 6) is 1.80. The van der Waals surface area contributed by atoms with Gasteiger partial charge in [0.2, 0.25) is 0 Å². The molecule has 4 rings (SSSR count). The smallest absolute Gasteiger partial charge is 0.143 e. The maximum atomic E-state index is 10.9. The number of rotatable bonds is 10. The van der Waals surface area contributed by atoms with Gasteiger partial charge < -0.3 is 25.2 Å². The highest BCUT2D eigenvalue weighted by molar-refractivity contribution is 8.17. The van der Waals surface area contributed by atoms with Crippen LogP contribution in [0.15, 0.2) is 91.0 Å². The molecule has 1 aliphatic rings. The van der Waals surface area contributed by atoms with Crippen molar-refractivity contribution >= 4 is 23.5 Å². The molecular weight excluding hydrogens is 480 g/mol. The summed E-state index contributed by atoms with van der Waals surface area (Å²) < 4.78 is 6.30. The SMILES string of the molecule is O[C@H]([C@H](O)[C@@H](O)COC(c1ccccc1)(c1ccccc1)c1ccccc1)[C@@H](O)C1SCCCS1. The predicted molar refractivity (Wildman–Crippen MR) is 143 cm³/mol. The van der Waals surface area contributed by atoms with Gasteiger partial charge in [0.1, 0.15) is 30.0 Å². The molecule has 0 unspecified atom stereocenters. The molecule has 3 aromatic carbocycles. The fourth-order valence-electron chi connectivity index (χ4n) is 4.37. The van der Waals surface area contributed by atoms with Gasteiger partial charge in [0.05, 0.1) is 11.2 Å². The molecule has 1 fully saturated rings. The van der Waals surface area contributed by atoms with Gasteiger partial charge in [-0.15, -0.1) is 23.5 Å². The minimum absolute atomic E-state index is 0.237. The monoisotopic (exact) mass is 512 g/mol. The Morgan fingerprint density at radius 3 is 1.54 bits per heavy atom. The molecule has 5 nitrogen and oxygen atoms in total. The molecule has 186 valence electrons. The third kappa shape index (κ3) is 5.94. The molecule has 0 amide bonds. The van der Waals surface area contributed by atoms with Crippen LogP contribution in [0.1, 0.15) is 23.1 Å². The average Bonchev–Trinajstić information content (AvgIpc) is 2.94. The van der Waals surface area contributed by atoms with Crippen molar-refractivity contribution in [3.63, 3.8) is 0 Å². The molecule has 0 bridgehead atoms. The number of thioether (sulfide) groups is 2. The molecule has 3 aromatic rings. The number of hydrogen-bond donors (Lipinski definition) is 4. The van der Waals surface area contributed by atoms with E-state index in [0.717, 1.165) is 34.6 Å². The fourth-order valence-corrected chi connectivity index (χ4v) is 7.32. The maximum absolute atomic E-state index is 10.9. The van der Waals surface area contributed by atoms with Crippen molar-refractivity contribution in [3.8, 4) is 0 Å². The van der Waals surface area contributed by atoms with Crippen LogP contribution in [-0.2, 0) is 10.3 Å². The zero-order valence-electron chi connectivity index (χ0n) is 19.4. The standard InChI is InChI=1S/C28H32O5S2/c29-23(24(30)25(31)26(32)27-34-17-10-18-35-27)19-33-28(20-11-4-1-5-12-20,21-13-6-2-7-14-21)22-15-8-3-9-16-22/h1-9,11-16,23-27,29-32H,10,17-19H2/t23-,24+,25+,26+/m0/s1. The number of ether oxygens (including phenoxy) is 1. The molecule has 35 heavy (non-hydrogen) atoms. The van der Waals surface area contributed by atoms with E-state index in [1.54, 1.807) is 23.5 Å². The van der Waals surface area contributed by atoms with Crippen molar-refractivity contribution in [3.05, 3.63) is 108 Å². The molecule has 7 heteroatoms. The second kappa shape index (κ2) is 12.4. The zero-order valence-corrected chi connectivity index (χ0v) is 21.0. The van der Waals surface area contributed by atoms with Gasteiger partial charge in [-0.25, -0.2) is 0 Å². The zero-order chi connectivity index (χ0) is 24.7. The number of aliphatic hydroxyl groups is 4. The van der Waals surface area contributed by atoms with Gasteiger partial charge in [0, 0.05) is 0 Å². The molecule has 4 N–H and O–H groups in total. The molecule has 4 atom stereocenters. The lowest BCUT2D eigenvalue weighted by atomic mass is 9.80. The molecule has 0 radical (unpaired) electrons. The van der Waals surface area contributed by atoms with E-state index in [4.69, 9.17) is 4.74 Å². The van der Waals surface area contributed by atoms with Crippen LogP contribution >= 0.6 is 23.5 Å². The van der Waals surface area contributed by atoms with Crippen LogP contribution in [0.2, 0.25) is 0 Å². The van der Waals surface area contributed by atoms with Crippen molar-refractivity contribution in [2.75, 3.05) is 18.1 Å². The van der Waals surface area contributed by atoms with Crippen LogP contribution in [0, 0.1) is 0 Å².